The first-order valence-electron chi connectivity index (χ1n) is 6.84. The molecule has 6 heteroatoms. The summed E-state index contributed by atoms with van der Waals surface area (Å²) in [4.78, 5) is 11.3. The molecule has 1 saturated carbocycles. The lowest BCUT2D eigenvalue weighted by molar-refractivity contribution is 0.0722. The molecular weight excluding hydrogens is 244 g/mol. The van der Waals surface area contributed by atoms with Gasteiger partial charge in [-0.15, -0.1) is 0 Å². The van der Waals surface area contributed by atoms with Gasteiger partial charge in [0.2, 0.25) is 0 Å². The van der Waals surface area contributed by atoms with Crippen LogP contribution in [-0.4, -0.2) is 54.5 Å². The summed E-state index contributed by atoms with van der Waals surface area (Å²) in [6.45, 7) is 2.06. The lowest BCUT2D eigenvalue weighted by atomic mass is 10.2. The Bertz CT molecular complexity index is 450. The predicted molar refractivity (Wildman–Crippen MR) is 72.6 cm³/mol. The molecule has 104 valence electrons. The number of aromatic nitrogens is 2. The van der Waals surface area contributed by atoms with E-state index in [0.29, 0.717) is 19.1 Å². The monoisotopic (exact) mass is 264 g/mol. The molecule has 1 atom stereocenters. The van der Waals surface area contributed by atoms with Crippen molar-refractivity contribution in [3.05, 3.63) is 11.9 Å². The number of nitrogens with zero attached hydrogens (tertiary/aromatic N) is 3. The molecule has 19 heavy (non-hydrogen) atoms. The Labute approximate surface area is 112 Å². The van der Waals surface area contributed by atoms with E-state index in [1.54, 1.807) is 0 Å². The molecular formula is C13H20N4O2. The molecule has 0 spiro atoms. The van der Waals surface area contributed by atoms with Crippen LogP contribution in [0.25, 0.3) is 0 Å². The third-order valence-electron chi connectivity index (χ3n) is 3.66. The number of morpholine rings is 1. The Morgan fingerprint density at radius 1 is 1.47 bits per heavy atom. The lowest BCUT2D eigenvalue weighted by Gasteiger charge is -2.35. The van der Waals surface area contributed by atoms with E-state index in [4.69, 9.17) is 4.74 Å². The van der Waals surface area contributed by atoms with Crippen LogP contribution >= 0.6 is 0 Å². The number of anilines is 2. The Balaban J connectivity index is 1.91. The minimum Gasteiger partial charge on any atom is -0.394 e. The van der Waals surface area contributed by atoms with Gasteiger partial charge in [-0.1, -0.05) is 0 Å². The van der Waals surface area contributed by atoms with Crippen LogP contribution in [0.15, 0.2) is 6.07 Å². The normalized spacial score (nSPS) is 23.5. The van der Waals surface area contributed by atoms with Gasteiger partial charge in [0.05, 0.1) is 25.9 Å². The summed E-state index contributed by atoms with van der Waals surface area (Å²) in [5, 5.41) is 12.6. The summed E-state index contributed by atoms with van der Waals surface area (Å²) in [6.07, 6.45) is 2.36. The highest BCUT2D eigenvalue weighted by Gasteiger charge is 2.29. The number of hydrogen-bond donors (Lipinski definition) is 2. The SMILES string of the molecule is CNc1cc(N2CCOCC2CO)nc(C2CC2)n1. The molecule has 0 radical (unpaired) electrons. The summed E-state index contributed by atoms with van der Waals surface area (Å²) in [5.74, 6) is 3.17. The number of nitrogens with one attached hydrogen (secondary N) is 1. The Kier molecular flexibility index (Phi) is 3.52. The van der Waals surface area contributed by atoms with Gasteiger partial charge in [0, 0.05) is 25.6 Å². The lowest BCUT2D eigenvalue weighted by Crippen LogP contribution is -2.48. The highest BCUT2D eigenvalue weighted by Crippen LogP contribution is 2.39. The zero-order chi connectivity index (χ0) is 13.2. The van der Waals surface area contributed by atoms with Crippen molar-refractivity contribution >= 4 is 11.6 Å². The molecule has 1 saturated heterocycles. The minimum atomic E-state index is -0.0135. The van der Waals surface area contributed by atoms with Crippen LogP contribution in [0.5, 0.6) is 0 Å². The maximum Gasteiger partial charge on any atom is 0.136 e. The number of ether oxygens (including phenoxy) is 1. The summed E-state index contributed by atoms with van der Waals surface area (Å²) in [7, 11) is 1.87. The highest BCUT2D eigenvalue weighted by molar-refractivity contribution is 5.50. The minimum absolute atomic E-state index is 0.0135. The van der Waals surface area contributed by atoms with E-state index < -0.39 is 0 Å². The van der Waals surface area contributed by atoms with Crippen molar-refractivity contribution in [1.82, 2.24) is 9.97 Å². The standard InChI is InChI=1S/C13H20N4O2/c1-14-11-6-12(16-13(15-11)9-2-3-9)17-4-5-19-8-10(17)7-18/h6,9-10,18H,2-5,7-8H2,1H3,(H,14,15,16). The van der Waals surface area contributed by atoms with Crippen LogP contribution in [0.1, 0.15) is 24.6 Å². The zero-order valence-electron chi connectivity index (χ0n) is 11.2. The van der Waals surface area contributed by atoms with E-state index in [0.717, 1.165) is 24.0 Å². The Morgan fingerprint density at radius 3 is 3.00 bits per heavy atom. The molecule has 2 heterocycles. The first-order chi connectivity index (χ1) is 9.31. The van der Waals surface area contributed by atoms with Gasteiger partial charge >= 0.3 is 0 Å². The molecule has 1 aromatic rings. The van der Waals surface area contributed by atoms with Gasteiger partial charge in [-0.3, -0.25) is 0 Å². The second kappa shape index (κ2) is 5.30. The molecule has 3 rings (SSSR count). The quantitative estimate of drug-likeness (QED) is 0.829. The van der Waals surface area contributed by atoms with E-state index in [9.17, 15) is 5.11 Å². The molecule has 0 aromatic carbocycles. The number of rotatable bonds is 4. The van der Waals surface area contributed by atoms with Gasteiger partial charge in [-0.25, -0.2) is 9.97 Å². The molecule has 6 nitrogen and oxygen atoms in total. The van der Waals surface area contributed by atoms with Crippen molar-refractivity contribution < 1.29 is 9.84 Å². The van der Waals surface area contributed by atoms with Gasteiger partial charge in [0.25, 0.3) is 0 Å². The van der Waals surface area contributed by atoms with Crippen LogP contribution in [-0.2, 0) is 4.74 Å². The fourth-order valence-corrected chi connectivity index (χ4v) is 2.36. The molecule has 2 N–H and O–H groups in total. The van der Waals surface area contributed by atoms with Gasteiger partial charge in [-0.2, -0.15) is 0 Å². The average molecular weight is 264 g/mol. The van der Waals surface area contributed by atoms with Crippen molar-refractivity contribution in [3.8, 4) is 0 Å². The third kappa shape index (κ3) is 2.64. The maximum atomic E-state index is 9.46. The van der Waals surface area contributed by atoms with E-state index in [2.05, 4.69) is 20.2 Å². The van der Waals surface area contributed by atoms with Crippen LogP contribution in [0.3, 0.4) is 0 Å². The second-order valence-electron chi connectivity index (χ2n) is 5.10. The first-order valence-corrected chi connectivity index (χ1v) is 6.84. The third-order valence-corrected chi connectivity index (χ3v) is 3.66. The summed E-state index contributed by atoms with van der Waals surface area (Å²) in [5.41, 5.74) is 0. The number of aliphatic hydroxyl groups is 1. The van der Waals surface area contributed by atoms with E-state index in [1.165, 1.54) is 12.8 Å². The summed E-state index contributed by atoms with van der Waals surface area (Å²) >= 11 is 0. The molecule has 1 aliphatic heterocycles. The van der Waals surface area contributed by atoms with Crippen LogP contribution < -0.4 is 10.2 Å². The number of aliphatic hydroxyl groups excluding tert-OH is 1. The largest absolute Gasteiger partial charge is 0.394 e. The van der Waals surface area contributed by atoms with Crippen molar-refractivity contribution in [3.63, 3.8) is 0 Å². The molecule has 1 unspecified atom stereocenters. The van der Waals surface area contributed by atoms with E-state index in [1.807, 2.05) is 13.1 Å². The summed E-state index contributed by atoms with van der Waals surface area (Å²) < 4.78 is 5.41. The summed E-state index contributed by atoms with van der Waals surface area (Å²) in [6, 6.07) is 1.93. The maximum absolute atomic E-state index is 9.46. The van der Waals surface area contributed by atoms with Crippen molar-refractivity contribution in [2.24, 2.45) is 0 Å². The van der Waals surface area contributed by atoms with Gasteiger partial charge in [-0.05, 0) is 12.8 Å². The fourth-order valence-electron chi connectivity index (χ4n) is 2.36. The highest BCUT2D eigenvalue weighted by atomic mass is 16.5. The van der Waals surface area contributed by atoms with Crippen LogP contribution in [0, 0.1) is 0 Å². The fraction of sp³-hybridized carbons (Fsp3) is 0.692. The van der Waals surface area contributed by atoms with Crippen LogP contribution in [0.2, 0.25) is 0 Å². The van der Waals surface area contributed by atoms with Crippen LogP contribution in [0.4, 0.5) is 11.6 Å². The van der Waals surface area contributed by atoms with Gasteiger partial charge in [0.1, 0.15) is 17.5 Å². The number of hydrogen-bond acceptors (Lipinski definition) is 6. The molecule has 0 amide bonds. The topological polar surface area (TPSA) is 70.5 Å². The first kappa shape index (κ1) is 12.6. The van der Waals surface area contributed by atoms with Crippen molar-refractivity contribution in [1.29, 1.82) is 0 Å². The second-order valence-corrected chi connectivity index (χ2v) is 5.10. The molecule has 2 fully saturated rings. The molecule has 2 aliphatic rings. The molecule has 1 aliphatic carbocycles. The van der Waals surface area contributed by atoms with E-state index >= 15 is 0 Å². The Morgan fingerprint density at radius 2 is 2.32 bits per heavy atom. The van der Waals surface area contributed by atoms with Gasteiger partial charge in [0.15, 0.2) is 0 Å². The average Bonchev–Trinajstić information content (AvgIpc) is 3.31. The zero-order valence-corrected chi connectivity index (χ0v) is 11.2. The van der Waals surface area contributed by atoms with Crippen molar-refractivity contribution in [2.75, 3.05) is 43.6 Å². The van der Waals surface area contributed by atoms with E-state index in [-0.39, 0.29) is 12.6 Å². The molecule has 0 bridgehead atoms. The van der Waals surface area contributed by atoms with Gasteiger partial charge < -0.3 is 20.1 Å². The molecule has 1 aromatic heterocycles. The smallest absolute Gasteiger partial charge is 0.136 e. The Hall–Kier alpha value is -1.40. The van der Waals surface area contributed by atoms with Crippen molar-refractivity contribution in [2.45, 2.75) is 24.8 Å². The predicted octanol–water partition coefficient (Wildman–Crippen LogP) is 0.593.